The summed E-state index contributed by atoms with van der Waals surface area (Å²) in [6.45, 7) is 4.77. The second-order valence-corrected chi connectivity index (χ2v) is 10.2. The van der Waals surface area contributed by atoms with E-state index in [4.69, 9.17) is 4.74 Å². The fourth-order valence-corrected chi connectivity index (χ4v) is 4.97. The number of ether oxygens (including phenoxy) is 2. The molecule has 1 aromatic carbocycles. The van der Waals surface area contributed by atoms with Crippen LogP contribution < -0.4 is 5.32 Å². The zero-order chi connectivity index (χ0) is 24.8. The fourth-order valence-electron chi connectivity index (χ4n) is 3.32. The largest absolute Gasteiger partial charge is 0.465 e. The van der Waals surface area contributed by atoms with Gasteiger partial charge in [0.1, 0.15) is 5.54 Å². The predicted octanol–water partition coefficient (Wildman–Crippen LogP) is 1.47. The minimum Gasteiger partial charge on any atom is -0.465 e. The lowest BCUT2D eigenvalue weighted by molar-refractivity contribution is -0.154. The number of esters is 2. The number of hydrogen-bond donors (Lipinski definition) is 1. The van der Waals surface area contributed by atoms with Gasteiger partial charge in [-0.1, -0.05) is 26.0 Å². The van der Waals surface area contributed by atoms with E-state index in [1.165, 1.54) is 29.6 Å². The first kappa shape index (κ1) is 26.3. The van der Waals surface area contributed by atoms with Crippen molar-refractivity contribution in [2.45, 2.75) is 44.0 Å². The van der Waals surface area contributed by atoms with Crippen molar-refractivity contribution in [2.24, 2.45) is 11.8 Å². The Morgan fingerprint density at radius 3 is 2.39 bits per heavy atom. The Labute approximate surface area is 193 Å². The van der Waals surface area contributed by atoms with E-state index >= 15 is 0 Å². The summed E-state index contributed by atoms with van der Waals surface area (Å²) in [4.78, 5) is 36.3. The van der Waals surface area contributed by atoms with E-state index in [9.17, 15) is 28.1 Å². The molecule has 33 heavy (non-hydrogen) atoms. The van der Waals surface area contributed by atoms with Crippen LogP contribution in [0.1, 0.15) is 44.0 Å². The number of sulfonamides is 1. The molecule has 1 fully saturated rings. The lowest BCUT2D eigenvalue weighted by Crippen LogP contribution is -2.50. The summed E-state index contributed by atoms with van der Waals surface area (Å²) in [5, 5.41) is 11.8. The number of rotatable bonds is 8. The van der Waals surface area contributed by atoms with Crippen LogP contribution in [0.3, 0.4) is 0 Å². The molecule has 1 amide bonds. The summed E-state index contributed by atoms with van der Waals surface area (Å²) in [6, 6.07) is 7.83. The van der Waals surface area contributed by atoms with Crippen molar-refractivity contribution in [2.75, 3.05) is 26.8 Å². The fraction of sp³-hybridized carbons (Fsp3) is 0.545. The van der Waals surface area contributed by atoms with E-state index in [0.29, 0.717) is 0 Å². The highest BCUT2D eigenvalue weighted by atomic mass is 32.2. The van der Waals surface area contributed by atoms with Crippen LogP contribution in [0.4, 0.5) is 0 Å². The zero-order valence-electron chi connectivity index (χ0n) is 19.2. The van der Waals surface area contributed by atoms with Crippen molar-refractivity contribution in [3.8, 4) is 6.07 Å². The molecule has 180 valence electrons. The molecule has 0 bridgehead atoms. The first-order valence-corrected chi connectivity index (χ1v) is 12.0. The van der Waals surface area contributed by atoms with Gasteiger partial charge in [0.05, 0.1) is 29.6 Å². The van der Waals surface area contributed by atoms with E-state index < -0.39 is 45.9 Å². The van der Waals surface area contributed by atoms with Gasteiger partial charge in [0.2, 0.25) is 10.0 Å². The minimum absolute atomic E-state index is 0.0571. The maximum atomic E-state index is 13.1. The molecular formula is C22H29N3O7S. The van der Waals surface area contributed by atoms with Crippen LogP contribution in [0.15, 0.2) is 29.2 Å². The molecule has 0 saturated carbocycles. The molecule has 10 nitrogen and oxygen atoms in total. The SMILES string of the molecule is COC(=O)c1ccccc1S(=O)(=O)N1CCC(C(=O)OCC(=O)N[C@](C)(C#N)C(C)C)CC1. The predicted molar refractivity (Wildman–Crippen MR) is 117 cm³/mol. The minimum atomic E-state index is -3.97. The Balaban J connectivity index is 1.96. The summed E-state index contributed by atoms with van der Waals surface area (Å²) >= 11 is 0. The number of benzene rings is 1. The van der Waals surface area contributed by atoms with Gasteiger partial charge in [-0.3, -0.25) is 9.59 Å². The highest BCUT2D eigenvalue weighted by Crippen LogP contribution is 2.27. The van der Waals surface area contributed by atoms with Crippen LogP contribution >= 0.6 is 0 Å². The molecule has 0 aliphatic carbocycles. The standard InChI is InChI=1S/C22H29N3O7S/c1-15(2)22(3,14-23)24-19(26)13-32-20(27)16-9-11-25(12-10-16)33(29,30)18-8-6-5-7-17(18)21(28)31-4/h5-8,15-16H,9-13H2,1-4H3,(H,24,26)/t22-/m1/s1. The molecule has 1 saturated heterocycles. The summed E-state index contributed by atoms with van der Waals surface area (Å²) in [5.74, 6) is -2.64. The highest BCUT2D eigenvalue weighted by molar-refractivity contribution is 7.89. The molecule has 0 radical (unpaired) electrons. The number of nitrogens with one attached hydrogen (secondary N) is 1. The normalized spacial score (nSPS) is 17.0. The number of hydrogen-bond acceptors (Lipinski definition) is 8. The quantitative estimate of drug-likeness (QED) is 0.552. The molecule has 0 spiro atoms. The van der Waals surface area contributed by atoms with E-state index in [2.05, 4.69) is 10.1 Å². The van der Waals surface area contributed by atoms with Crippen LogP contribution in [-0.4, -0.2) is 62.9 Å². The third kappa shape index (κ3) is 6.09. The lowest BCUT2D eigenvalue weighted by atomic mass is 9.90. The average Bonchev–Trinajstić information content (AvgIpc) is 2.81. The van der Waals surface area contributed by atoms with Gasteiger partial charge in [0.25, 0.3) is 5.91 Å². The second-order valence-electron chi connectivity index (χ2n) is 8.29. The van der Waals surface area contributed by atoms with E-state index in [-0.39, 0.29) is 42.3 Å². The molecule has 2 rings (SSSR count). The first-order valence-electron chi connectivity index (χ1n) is 10.5. The monoisotopic (exact) mass is 479 g/mol. The average molecular weight is 480 g/mol. The summed E-state index contributed by atoms with van der Waals surface area (Å²) in [6.07, 6.45) is 0.421. The van der Waals surface area contributed by atoms with Crippen LogP contribution in [0.2, 0.25) is 0 Å². The number of amides is 1. The molecule has 1 atom stereocenters. The van der Waals surface area contributed by atoms with Crippen molar-refractivity contribution in [3.63, 3.8) is 0 Å². The smallest absolute Gasteiger partial charge is 0.339 e. The van der Waals surface area contributed by atoms with Crippen molar-refractivity contribution >= 4 is 27.9 Å². The molecule has 0 aromatic heterocycles. The summed E-state index contributed by atoms with van der Waals surface area (Å²) in [7, 11) is -2.80. The van der Waals surface area contributed by atoms with Gasteiger partial charge in [-0.15, -0.1) is 0 Å². The Bertz CT molecular complexity index is 1040. The second kappa shape index (κ2) is 10.8. The lowest BCUT2D eigenvalue weighted by Gasteiger charge is -2.30. The molecular weight excluding hydrogens is 450 g/mol. The molecule has 11 heteroatoms. The Kier molecular flexibility index (Phi) is 8.57. The highest BCUT2D eigenvalue weighted by Gasteiger charge is 2.35. The number of nitriles is 1. The molecule has 1 heterocycles. The molecule has 1 aliphatic heterocycles. The topological polar surface area (TPSA) is 143 Å². The number of carbonyl (C=O) groups is 3. The Morgan fingerprint density at radius 2 is 1.85 bits per heavy atom. The first-order chi connectivity index (χ1) is 15.5. The Hall–Kier alpha value is -2.97. The van der Waals surface area contributed by atoms with Crippen LogP contribution in [-0.2, 0) is 29.1 Å². The van der Waals surface area contributed by atoms with Gasteiger partial charge in [-0.25, -0.2) is 13.2 Å². The van der Waals surface area contributed by atoms with E-state index in [0.717, 1.165) is 0 Å². The molecule has 1 aliphatic rings. The van der Waals surface area contributed by atoms with Crippen molar-refractivity contribution < 1.29 is 32.3 Å². The number of methoxy groups -OCH3 is 1. The van der Waals surface area contributed by atoms with E-state index in [1.54, 1.807) is 26.8 Å². The number of carbonyl (C=O) groups excluding carboxylic acids is 3. The van der Waals surface area contributed by atoms with E-state index in [1.807, 2.05) is 6.07 Å². The Morgan fingerprint density at radius 1 is 1.24 bits per heavy atom. The molecule has 1 N–H and O–H groups in total. The van der Waals surface area contributed by atoms with Crippen molar-refractivity contribution in [1.29, 1.82) is 5.26 Å². The van der Waals surface area contributed by atoms with Crippen LogP contribution in [0, 0.1) is 23.2 Å². The summed E-state index contributed by atoms with van der Waals surface area (Å²) < 4.78 is 37.1. The van der Waals surface area contributed by atoms with Gasteiger partial charge in [0, 0.05) is 13.1 Å². The zero-order valence-corrected chi connectivity index (χ0v) is 20.0. The van der Waals surface area contributed by atoms with Gasteiger partial charge in [-0.2, -0.15) is 9.57 Å². The van der Waals surface area contributed by atoms with Crippen LogP contribution in [0.5, 0.6) is 0 Å². The molecule has 1 aromatic rings. The maximum Gasteiger partial charge on any atom is 0.339 e. The van der Waals surface area contributed by atoms with Gasteiger partial charge >= 0.3 is 11.9 Å². The van der Waals surface area contributed by atoms with Gasteiger partial charge in [0.15, 0.2) is 6.61 Å². The van der Waals surface area contributed by atoms with Crippen molar-refractivity contribution in [1.82, 2.24) is 9.62 Å². The number of nitrogens with zero attached hydrogens (tertiary/aromatic N) is 2. The van der Waals surface area contributed by atoms with Crippen molar-refractivity contribution in [3.05, 3.63) is 29.8 Å². The third-order valence-electron chi connectivity index (χ3n) is 5.83. The number of piperidine rings is 1. The van der Waals surface area contributed by atoms with Crippen LogP contribution in [0.25, 0.3) is 0 Å². The van der Waals surface area contributed by atoms with Gasteiger partial charge in [-0.05, 0) is 37.8 Å². The maximum absolute atomic E-state index is 13.1. The van der Waals surface area contributed by atoms with Gasteiger partial charge < -0.3 is 14.8 Å². The third-order valence-corrected chi connectivity index (χ3v) is 7.79. The molecule has 0 unspecified atom stereocenters. The summed E-state index contributed by atoms with van der Waals surface area (Å²) in [5.41, 5.74) is -1.14.